The molecular weight excluding hydrogens is 266 g/mol. The number of aliphatic imine (C=N–C) groups is 1. The highest BCUT2D eigenvalue weighted by molar-refractivity contribution is 6.11. The van der Waals surface area contributed by atoms with Gasteiger partial charge in [0.1, 0.15) is 23.5 Å². The van der Waals surface area contributed by atoms with E-state index in [4.69, 9.17) is 4.74 Å². The average Bonchev–Trinajstić information content (AvgIpc) is 2.89. The molecule has 2 aliphatic rings. The molecule has 0 unspecified atom stereocenters. The number of carboxylic acids is 1. The fourth-order valence-corrected chi connectivity index (χ4v) is 2.56. The number of carboxylic acid groups (broad SMARTS) is 1. The molecule has 1 N–H and O–H groups in total. The highest BCUT2D eigenvalue weighted by Gasteiger charge is 2.27. The molecule has 1 heterocycles. The SMILES string of the molecule is COc1cc2c(c(C(=O)O)c1)N=C(C1=C(C)C=[C+]C=C1)C2. The average molecular weight is 280 g/mol. The topological polar surface area (TPSA) is 58.9 Å². The number of nitrogens with zero attached hydrogens (tertiary/aromatic N) is 1. The molecule has 0 fully saturated rings. The van der Waals surface area contributed by atoms with Crippen molar-refractivity contribution in [1.82, 2.24) is 0 Å². The highest BCUT2D eigenvalue weighted by Crippen LogP contribution is 2.36. The van der Waals surface area contributed by atoms with Crippen LogP contribution >= 0.6 is 0 Å². The van der Waals surface area contributed by atoms with E-state index in [2.05, 4.69) is 11.1 Å². The molecule has 4 heteroatoms. The second-order valence-corrected chi connectivity index (χ2v) is 4.96. The van der Waals surface area contributed by atoms with Crippen LogP contribution in [0.5, 0.6) is 5.75 Å². The van der Waals surface area contributed by atoms with Crippen LogP contribution in [0.25, 0.3) is 0 Å². The first kappa shape index (κ1) is 13.3. The van der Waals surface area contributed by atoms with E-state index in [1.54, 1.807) is 0 Å². The monoisotopic (exact) mass is 280 g/mol. The Morgan fingerprint density at radius 1 is 1.43 bits per heavy atom. The third kappa shape index (κ3) is 2.26. The first-order valence-corrected chi connectivity index (χ1v) is 6.59. The Balaban J connectivity index is 2.10. The van der Waals surface area contributed by atoms with Crippen LogP contribution in [0.2, 0.25) is 0 Å². The van der Waals surface area contributed by atoms with Crippen molar-refractivity contribution in [2.75, 3.05) is 7.11 Å². The van der Waals surface area contributed by atoms with E-state index in [0.29, 0.717) is 17.9 Å². The Morgan fingerprint density at radius 2 is 2.24 bits per heavy atom. The van der Waals surface area contributed by atoms with E-state index in [0.717, 1.165) is 22.4 Å². The summed E-state index contributed by atoms with van der Waals surface area (Å²) >= 11 is 0. The largest absolute Gasteiger partial charge is 0.497 e. The standard InChI is InChI=1S/C17H13NO3/c1-10-5-3-4-6-13(10)15-8-11-7-12(21-2)9-14(17(19)20)16(11)18-15/h4-7,9H,8H2,1-2H3/p+1. The summed E-state index contributed by atoms with van der Waals surface area (Å²) in [5, 5.41) is 9.35. The van der Waals surface area contributed by atoms with Gasteiger partial charge in [0, 0.05) is 19.4 Å². The number of hydrogen-bond donors (Lipinski definition) is 1. The predicted octanol–water partition coefficient (Wildman–Crippen LogP) is 3.27. The second-order valence-electron chi connectivity index (χ2n) is 4.96. The zero-order valence-electron chi connectivity index (χ0n) is 11.8. The number of fused-ring (bicyclic) bond motifs is 1. The lowest BCUT2D eigenvalue weighted by atomic mass is 9.96. The van der Waals surface area contributed by atoms with E-state index >= 15 is 0 Å². The molecule has 4 nitrogen and oxygen atoms in total. The van der Waals surface area contributed by atoms with Crippen LogP contribution in [0.3, 0.4) is 0 Å². The van der Waals surface area contributed by atoms with Crippen molar-refractivity contribution in [3.8, 4) is 5.75 Å². The lowest BCUT2D eigenvalue weighted by Crippen LogP contribution is -2.04. The summed E-state index contributed by atoms with van der Waals surface area (Å²) in [6.07, 6.45) is 9.33. The van der Waals surface area contributed by atoms with Crippen molar-refractivity contribution in [2.45, 2.75) is 13.3 Å². The van der Waals surface area contributed by atoms with Gasteiger partial charge < -0.3 is 9.84 Å². The van der Waals surface area contributed by atoms with E-state index < -0.39 is 5.97 Å². The maximum atomic E-state index is 11.4. The second kappa shape index (κ2) is 5.00. The van der Waals surface area contributed by atoms with Crippen LogP contribution < -0.4 is 4.74 Å². The van der Waals surface area contributed by atoms with Gasteiger partial charge in [0.05, 0.1) is 35.7 Å². The molecular formula is C17H14NO3+. The first-order chi connectivity index (χ1) is 10.1. The van der Waals surface area contributed by atoms with Crippen LogP contribution in [-0.4, -0.2) is 23.9 Å². The van der Waals surface area contributed by atoms with E-state index in [9.17, 15) is 9.90 Å². The fraction of sp³-hybridized carbons (Fsp3) is 0.176. The summed E-state index contributed by atoms with van der Waals surface area (Å²) in [5.74, 6) is -0.450. The molecule has 1 aliphatic heterocycles. The van der Waals surface area contributed by atoms with Crippen molar-refractivity contribution in [2.24, 2.45) is 4.99 Å². The van der Waals surface area contributed by atoms with Crippen molar-refractivity contribution in [3.05, 3.63) is 58.7 Å². The lowest BCUT2D eigenvalue weighted by Gasteiger charge is -2.06. The van der Waals surface area contributed by atoms with Gasteiger partial charge in [-0.2, -0.15) is 0 Å². The third-order valence-corrected chi connectivity index (χ3v) is 3.61. The minimum absolute atomic E-state index is 0.180. The molecule has 0 amide bonds. The maximum Gasteiger partial charge on any atom is 0.338 e. The molecule has 0 aromatic heterocycles. The Bertz CT molecular complexity index is 752. The molecule has 0 spiro atoms. The van der Waals surface area contributed by atoms with Crippen molar-refractivity contribution in [1.29, 1.82) is 0 Å². The Labute approximate surface area is 122 Å². The summed E-state index contributed by atoms with van der Waals surface area (Å²) in [5.41, 5.74) is 4.58. The maximum absolute atomic E-state index is 11.4. The van der Waals surface area contributed by atoms with Crippen molar-refractivity contribution >= 4 is 17.4 Å². The summed E-state index contributed by atoms with van der Waals surface area (Å²) in [7, 11) is 1.53. The summed E-state index contributed by atoms with van der Waals surface area (Å²) in [6, 6.07) is 3.36. The first-order valence-electron chi connectivity index (χ1n) is 6.59. The van der Waals surface area contributed by atoms with Gasteiger partial charge in [-0.3, -0.25) is 0 Å². The molecule has 0 saturated carbocycles. The minimum Gasteiger partial charge on any atom is -0.497 e. The van der Waals surface area contributed by atoms with Crippen LogP contribution in [0.4, 0.5) is 5.69 Å². The number of allylic oxidation sites excluding steroid dienone is 6. The normalized spacial score (nSPS) is 15.6. The highest BCUT2D eigenvalue weighted by atomic mass is 16.5. The van der Waals surface area contributed by atoms with E-state index in [-0.39, 0.29) is 5.56 Å². The number of methoxy groups -OCH3 is 1. The van der Waals surface area contributed by atoms with Gasteiger partial charge in [0.15, 0.2) is 0 Å². The summed E-state index contributed by atoms with van der Waals surface area (Å²) in [6.45, 7) is 2.00. The third-order valence-electron chi connectivity index (χ3n) is 3.61. The number of carbonyl (C=O) groups is 1. The minimum atomic E-state index is -0.992. The van der Waals surface area contributed by atoms with Gasteiger partial charge in [-0.15, -0.1) is 0 Å². The quantitative estimate of drug-likeness (QED) is 0.864. The number of hydrogen-bond acceptors (Lipinski definition) is 3. The predicted molar refractivity (Wildman–Crippen MR) is 80.4 cm³/mol. The van der Waals surface area contributed by atoms with Gasteiger partial charge in [-0.25, -0.2) is 9.79 Å². The molecule has 1 aromatic carbocycles. The molecule has 0 bridgehead atoms. The molecule has 104 valence electrons. The molecule has 0 saturated heterocycles. The zero-order chi connectivity index (χ0) is 15.0. The van der Waals surface area contributed by atoms with Gasteiger partial charge in [0.25, 0.3) is 0 Å². The Hall–Kier alpha value is -2.71. The van der Waals surface area contributed by atoms with Gasteiger partial charge >= 0.3 is 5.97 Å². The van der Waals surface area contributed by atoms with Crippen LogP contribution in [-0.2, 0) is 6.42 Å². The molecule has 0 atom stereocenters. The van der Waals surface area contributed by atoms with Crippen molar-refractivity contribution in [3.63, 3.8) is 0 Å². The van der Waals surface area contributed by atoms with Crippen LogP contribution in [0.15, 0.2) is 46.5 Å². The molecule has 1 aliphatic carbocycles. The fourth-order valence-electron chi connectivity index (χ4n) is 2.56. The zero-order valence-corrected chi connectivity index (χ0v) is 11.8. The molecule has 0 radical (unpaired) electrons. The Kier molecular flexibility index (Phi) is 3.16. The van der Waals surface area contributed by atoms with Crippen LogP contribution in [0, 0.1) is 6.08 Å². The van der Waals surface area contributed by atoms with Gasteiger partial charge in [-0.1, -0.05) is 0 Å². The molecule has 21 heavy (non-hydrogen) atoms. The lowest BCUT2D eigenvalue weighted by molar-refractivity contribution is 0.0697. The number of benzene rings is 1. The number of rotatable bonds is 3. The van der Waals surface area contributed by atoms with Gasteiger partial charge in [0.2, 0.25) is 0 Å². The molecule has 3 rings (SSSR count). The van der Waals surface area contributed by atoms with Crippen molar-refractivity contribution < 1.29 is 14.6 Å². The molecule has 1 aromatic rings. The van der Waals surface area contributed by atoms with E-state index in [1.165, 1.54) is 13.2 Å². The Morgan fingerprint density at radius 3 is 2.90 bits per heavy atom. The van der Waals surface area contributed by atoms with E-state index in [1.807, 2.05) is 31.2 Å². The number of aromatic carboxylic acids is 1. The van der Waals surface area contributed by atoms with Crippen LogP contribution in [0.1, 0.15) is 22.8 Å². The summed E-state index contributed by atoms with van der Waals surface area (Å²) < 4.78 is 5.18. The number of ether oxygens (including phenoxy) is 1. The smallest absolute Gasteiger partial charge is 0.338 e. The summed E-state index contributed by atoms with van der Waals surface area (Å²) in [4.78, 5) is 16.0. The van der Waals surface area contributed by atoms with Gasteiger partial charge in [-0.05, 0) is 17.7 Å².